The maximum absolute atomic E-state index is 3.59. The Balaban J connectivity index is 1.07. The summed E-state index contributed by atoms with van der Waals surface area (Å²) >= 11 is 0. The molecule has 0 fully saturated rings. The average molecular weight is 1300 g/mol. The highest BCUT2D eigenvalue weighted by atomic mass is 15.2. The first-order valence-corrected chi connectivity index (χ1v) is 39.7. The normalized spacial score (nSPS) is 11.3. The third-order valence-corrected chi connectivity index (χ3v) is 19.8. The van der Waals surface area contributed by atoms with E-state index in [0.717, 1.165) is 58.5 Å². The molecule has 0 amide bonds. The molecule has 0 aliphatic heterocycles. The first-order valence-electron chi connectivity index (χ1n) is 39.7. The second-order valence-electron chi connectivity index (χ2n) is 28.0. The van der Waals surface area contributed by atoms with Crippen molar-refractivity contribution in [2.24, 2.45) is 0 Å². The van der Waals surface area contributed by atoms with Crippen molar-refractivity contribution in [3.05, 3.63) is 199 Å². The summed E-state index contributed by atoms with van der Waals surface area (Å²) < 4.78 is 0. The van der Waals surface area contributed by atoms with E-state index in [0.29, 0.717) is 0 Å². The quantitative estimate of drug-likeness (QED) is 0.0330. The molecule has 0 radical (unpaired) electrons. The Morgan fingerprint density at radius 2 is 0.417 bits per heavy atom. The van der Waals surface area contributed by atoms with Gasteiger partial charge in [-0.25, -0.2) is 0 Å². The lowest BCUT2D eigenvalue weighted by molar-refractivity contribution is 0.555. The Morgan fingerprint density at radius 3 is 0.635 bits per heavy atom. The van der Waals surface area contributed by atoms with E-state index >= 15 is 0 Å². The zero-order valence-electron chi connectivity index (χ0n) is 61.0. The van der Waals surface area contributed by atoms with Crippen molar-refractivity contribution >= 4 is 51.2 Å². The van der Waals surface area contributed by atoms with Gasteiger partial charge in [0.15, 0.2) is 0 Å². The van der Waals surface area contributed by atoms with E-state index in [1.165, 1.54) is 299 Å². The fourth-order valence-electron chi connectivity index (χ4n) is 13.7. The van der Waals surface area contributed by atoms with Crippen LogP contribution in [0.5, 0.6) is 0 Å². The average Bonchev–Trinajstić information content (AvgIpc) is 0.976. The molecule has 0 spiro atoms. The minimum atomic E-state index is 1.00. The van der Waals surface area contributed by atoms with Crippen molar-refractivity contribution in [1.29, 1.82) is 0 Å². The number of nitrogens with one attached hydrogen (secondary N) is 3. The number of anilines is 9. The van der Waals surface area contributed by atoms with Gasteiger partial charge in [0.2, 0.25) is 0 Å². The lowest BCUT2D eigenvalue weighted by Gasteiger charge is -2.33. The van der Waals surface area contributed by atoms with Gasteiger partial charge in [0, 0.05) is 90.5 Å². The van der Waals surface area contributed by atoms with E-state index in [4.69, 9.17) is 0 Å². The molecule has 0 unspecified atom stereocenters. The fourth-order valence-corrected chi connectivity index (χ4v) is 13.7. The molecule has 0 aromatic heterocycles. The lowest BCUT2D eigenvalue weighted by atomic mass is 10.0. The van der Waals surface area contributed by atoms with Gasteiger partial charge in [-0.15, -0.1) is 0 Å². The Morgan fingerprint density at radius 1 is 0.208 bits per heavy atom. The minimum Gasteiger partial charge on any atom is -0.385 e. The molecule has 6 nitrogen and oxygen atoms in total. The molecule has 0 saturated carbocycles. The summed E-state index contributed by atoms with van der Waals surface area (Å²) in [6.45, 7) is 13.2. The summed E-state index contributed by atoms with van der Waals surface area (Å²) in [7, 11) is 0. The van der Waals surface area contributed by atoms with E-state index in [2.05, 4.69) is 233 Å². The number of rotatable bonds is 57. The molecule has 7 rings (SSSR count). The summed E-state index contributed by atoms with van der Waals surface area (Å²) in [6, 6.07) is 69.0. The molecule has 96 heavy (non-hydrogen) atoms. The van der Waals surface area contributed by atoms with E-state index in [1.807, 2.05) is 0 Å². The van der Waals surface area contributed by atoms with Crippen LogP contribution in [0.3, 0.4) is 0 Å². The Kier molecular flexibility index (Phi) is 39.8. The largest absolute Gasteiger partial charge is 0.385 e. The topological polar surface area (TPSA) is 45.8 Å². The predicted molar refractivity (Wildman–Crippen MR) is 426 cm³/mol. The zero-order chi connectivity index (χ0) is 66.8. The number of hydrogen-bond acceptors (Lipinski definition) is 6. The maximum Gasteiger partial charge on any atom is 0.0452 e. The third kappa shape index (κ3) is 31.7. The van der Waals surface area contributed by atoms with Crippen LogP contribution in [0, 0.1) is 0 Å². The summed E-state index contributed by atoms with van der Waals surface area (Å²) in [5.41, 5.74) is 16.0. The SMILES string of the molecule is CCCCc1ccc(N(CCCCCCCCCCCCNc2ccccc2)c2cc(N(CCCCCCCCCCCCNc3ccccc3)c3ccc(CCCC)cc3)cc(N(CCCCCCCCCCCCNc3ccccc3)c3ccc(CCCC)cc3)c2)cc1. The summed E-state index contributed by atoms with van der Waals surface area (Å²) in [5.74, 6) is 0. The minimum absolute atomic E-state index is 1.00. The van der Waals surface area contributed by atoms with E-state index < -0.39 is 0 Å². The van der Waals surface area contributed by atoms with Crippen LogP contribution >= 0.6 is 0 Å². The Labute approximate surface area is 587 Å². The Hall–Kier alpha value is -6.66. The van der Waals surface area contributed by atoms with Crippen molar-refractivity contribution in [1.82, 2.24) is 0 Å². The predicted octanol–water partition coefficient (Wildman–Crippen LogP) is 27.2. The molecule has 0 aliphatic rings. The second kappa shape index (κ2) is 49.8. The van der Waals surface area contributed by atoms with Crippen LogP contribution in [0.15, 0.2) is 182 Å². The molecular weight excluding hydrogens is 1170 g/mol. The Bertz CT molecular complexity index is 2610. The molecule has 6 heteroatoms. The lowest BCUT2D eigenvalue weighted by Crippen LogP contribution is -2.24. The van der Waals surface area contributed by atoms with Gasteiger partial charge in [0.25, 0.3) is 0 Å². The number of hydrogen-bond donors (Lipinski definition) is 3. The van der Waals surface area contributed by atoms with Gasteiger partial charge in [0.05, 0.1) is 0 Å². The van der Waals surface area contributed by atoms with Crippen molar-refractivity contribution in [2.75, 3.05) is 69.9 Å². The standard InChI is InChI=1S/C90H132N6/c1-4-7-49-79-58-64-85(65-59-79)94(73-46-31-25-19-13-10-16-22-28-43-70-91-82-52-37-34-38-53-82)88-76-89(95(86-66-60-80(61-67-86)50-8-5-2)74-47-32-26-20-14-11-17-23-29-44-71-92-83-54-39-35-40-55-83)78-90(77-88)96(87-68-62-81(63-69-87)51-9-6-3)75-48-33-27-21-15-12-18-24-30-45-72-93-84-56-41-36-42-57-84/h34-42,52-69,76-78,91-93H,4-33,43-51,70-75H2,1-3H3. The monoisotopic (exact) mass is 1300 g/mol. The molecule has 7 aromatic rings. The number of benzene rings is 7. The van der Waals surface area contributed by atoms with Gasteiger partial charge in [0.1, 0.15) is 0 Å². The van der Waals surface area contributed by atoms with E-state index in [1.54, 1.807) is 0 Å². The van der Waals surface area contributed by atoms with Crippen LogP contribution in [0.1, 0.15) is 269 Å². The van der Waals surface area contributed by atoms with Crippen molar-refractivity contribution in [3.8, 4) is 0 Å². The number of nitrogens with zero attached hydrogens (tertiary/aromatic N) is 3. The number of para-hydroxylation sites is 3. The molecule has 3 N–H and O–H groups in total. The maximum atomic E-state index is 3.59. The first-order chi connectivity index (χ1) is 47.6. The summed E-state index contributed by atoms with van der Waals surface area (Å²) in [5, 5.41) is 10.8. The van der Waals surface area contributed by atoms with Crippen molar-refractivity contribution in [3.63, 3.8) is 0 Å². The molecular formula is C90H132N6. The zero-order valence-corrected chi connectivity index (χ0v) is 61.0. The molecule has 0 bridgehead atoms. The summed E-state index contributed by atoms with van der Waals surface area (Å²) in [6.07, 6.45) is 49.9. The molecule has 0 saturated heterocycles. The van der Waals surface area contributed by atoms with Gasteiger partial charge < -0.3 is 30.7 Å². The van der Waals surface area contributed by atoms with Gasteiger partial charge >= 0.3 is 0 Å². The van der Waals surface area contributed by atoms with Crippen LogP contribution in [-0.2, 0) is 19.3 Å². The molecule has 522 valence electrons. The van der Waals surface area contributed by atoms with Gasteiger partial charge in [-0.3, -0.25) is 0 Å². The van der Waals surface area contributed by atoms with Crippen molar-refractivity contribution in [2.45, 2.75) is 271 Å². The van der Waals surface area contributed by atoms with Crippen LogP contribution in [0.4, 0.5) is 51.2 Å². The third-order valence-electron chi connectivity index (χ3n) is 19.8. The van der Waals surface area contributed by atoms with Gasteiger partial charge in [-0.05, 0) is 185 Å². The van der Waals surface area contributed by atoms with Crippen molar-refractivity contribution < 1.29 is 0 Å². The van der Waals surface area contributed by atoms with Crippen LogP contribution in [0.25, 0.3) is 0 Å². The smallest absolute Gasteiger partial charge is 0.0452 e. The second-order valence-corrected chi connectivity index (χ2v) is 28.0. The first kappa shape index (κ1) is 76.7. The highest BCUT2D eigenvalue weighted by molar-refractivity contribution is 5.80. The number of aryl methyl sites for hydroxylation is 3. The summed E-state index contributed by atoms with van der Waals surface area (Å²) in [4.78, 5) is 8.14. The molecule has 7 aromatic carbocycles. The highest BCUT2D eigenvalue weighted by Gasteiger charge is 2.20. The van der Waals surface area contributed by atoms with E-state index in [9.17, 15) is 0 Å². The molecule has 0 aliphatic carbocycles. The van der Waals surface area contributed by atoms with Crippen LogP contribution in [0.2, 0.25) is 0 Å². The van der Waals surface area contributed by atoms with E-state index in [-0.39, 0.29) is 0 Å². The molecule has 0 heterocycles. The number of unbranched alkanes of at least 4 members (excludes halogenated alkanes) is 30. The highest BCUT2D eigenvalue weighted by Crippen LogP contribution is 2.40. The van der Waals surface area contributed by atoms with Crippen LogP contribution in [-0.4, -0.2) is 39.3 Å². The molecule has 0 atom stereocenters. The van der Waals surface area contributed by atoms with Crippen LogP contribution < -0.4 is 30.7 Å². The van der Waals surface area contributed by atoms with Gasteiger partial charge in [-0.1, -0.05) is 285 Å². The van der Waals surface area contributed by atoms with Gasteiger partial charge in [-0.2, -0.15) is 0 Å². The fraction of sp³-hybridized carbons (Fsp3) is 0.533.